The summed E-state index contributed by atoms with van der Waals surface area (Å²) in [5.41, 5.74) is 0.861. The van der Waals surface area contributed by atoms with Crippen LogP contribution in [-0.2, 0) is 25.2 Å². The molecule has 8 heteroatoms. The molecule has 3 rings (SSSR count). The molecular weight excluding hydrogens is 367 g/mol. The lowest BCUT2D eigenvalue weighted by atomic mass is 9.64. The highest BCUT2D eigenvalue weighted by atomic mass is 19.4. The normalized spacial score (nSPS) is 16.5. The van der Waals surface area contributed by atoms with Gasteiger partial charge in [0.15, 0.2) is 5.96 Å². The van der Waals surface area contributed by atoms with Crippen LogP contribution in [-0.4, -0.2) is 28.8 Å². The highest BCUT2D eigenvalue weighted by Gasteiger charge is 2.40. The largest absolute Gasteiger partial charge is 0.416 e. The summed E-state index contributed by atoms with van der Waals surface area (Å²) >= 11 is 0. The lowest BCUT2D eigenvalue weighted by molar-refractivity contribution is -0.137. The molecule has 5 nitrogen and oxygen atoms in total. The molecule has 0 aliphatic heterocycles. The summed E-state index contributed by atoms with van der Waals surface area (Å²) in [7, 11) is 1.85. The van der Waals surface area contributed by atoms with E-state index in [4.69, 9.17) is 0 Å². The van der Waals surface area contributed by atoms with E-state index in [0.29, 0.717) is 25.6 Å². The second kappa shape index (κ2) is 8.24. The first-order valence-corrected chi connectivity index (χ1v) is 9.50. The van der Waals surface area contributed by atoms with E-state index in [0.717, 1.165) is 36.5 Å². The summed E-state index contributed by atoms with van der Waals surface area (Å²) in [5.74, 6) is 0.657. The maximum Gasteiger partial charge on any atom is 0.416 e. The van der Waals surface area contributed by atoms with E-state index in [1.807, 2.05) is 20.2 Å². The van der Waals surface area contributed by atoms with Gasteiger partial charge < -0.3 is 10.6 Å². The predicted octanol–water partition coefficient (Wildman–Crippen LogP) is 3.62. The van der Waals surface area contributed by atoms with Gasteiger partial charge in [0.05, 0.1) is 18.3 Å². The summed E-state index contributed by atoms with van der Waals surface area (Å²) in [6.07, 6.45) is 2.09. The van der Waals surface area contributed by atoms with Gasteiger partial charge in [-0.05, 0) is 31.4 Å². The first-order valence-electron chi connectivity index (χ1n) is 9.50. The fraction of sp³-hybridized carbons (Fsp3) is 0.500. The Morgan fingerprint density at radius 2 is 2.07 bits per heavy atom. The minimum Gasteiger partial charge on any atom is -0.357 e. The maximum absolute atomic E-state index is 13.1. The Balaban J connectivity index is 1.72. The Morgan fingerprint density at radius 1 is 1.29 bits per heavy atom. The molecule has 2 N–H and O–H groups in total. The number of rotatable bonds is 6. The van der Waals surface area contributed by atoms with Crippen molar-refractivity contribution in [3.63, 3.8) is 0 Å². The molecule has 0 saturated heterocycles. The third-order valence-corrected chi connectivity index (χ3v) is 5.23. The van der Waals surface area contributed by atoms with E-state index >= 15 is 0 Å². The summed E-state index contributed by atoms with van der Waals surface area (Å²) in [5, 5.41) is 10.7. The highest BCUT2D eigenvalue weighted by molar-refractivity contribution is 5.79. The third-order valence-electron chi connectivity index (χ3n) is 5.23. The molecule has 0 spiro atoms. The molecule has 0 amide bonds. The number of hydrogen-bond acceptors (Lipinski definition) is 2. The van der Waals surface area contributed by atoms with Gasteiger partial charge in [-0.25, -0.2) is 4.99 Å². The van der Waals surface area contributed by atoms with Gasteiger partial charge in [-0.3, -0.25) is 4.68 Å². The standard InChI is InChI=1S/C20H26F3N5/c1-3-24-18(25-11-15-12-27-28(2)13-15)26-14-19(8-5-9-19)16-6-4-7-17(10-16)20(21,22)23/h4,6-7,10,12-13H,3,5,8-9,11,14H2,1-2H3,(H2,24,25,26). The maximum atomic E-state index is 13.1. The van der Waals surface area contributed by atoms with Crippen molar-refractivity contribution in [2.45, 2.75) is 44.3 Å². The van der Waals surface area contributed by atoms with Crippen molar-refractivity contribution < 1.29 is 13.2 Å². The van der Waals surface area contributed by atoms with Crippen LogP contribution in [0.25, 0.3) is 0 Å². The predicted molar refractivity (Wildman–Crippen MR) is 103 cm³/mol. The van der Waals surface area contributed by atoms with Crippen LogP contribution in [0.5, 0.6) is 0 Å². The lowest BCUT2D eigenvalue weighted by Gasteiger charge is -2.43. The van der Waals surface area contributed by atoms with E-state index in [9.17, 15) is 13.2 Å². The zero-order valence-corrected chi connectivity index (χ0v) is 16.2. The Morgan fingerprint density at radius 3 is 2.64 bits per heavy atom. The minimum absolute atomic E-state index is 0.286. The molecule has 1 aromatic carbocycles. The second-order valence-corrected chi connectivity index (χ2v) is 7.28. The average molecular weight is 393 g/mol. The highest BCUT2D eigenvalue weighted by Crippen LogP contribution is 2.44. The topological polar surface area (TPSA) is 54.2 Å². The van der Waals surface area contributed by atoms with Crippen LogP contribution < -0.4 is 10.6 Å². The quantitative estimate of drug-likeness (QED) is 0.582. The Labute approximate surface area is 163 Å². The van der Waals surface area contributed by atoms with Gasteiger partial charge in [-0.1, -0.05) is 24.6 Å². The van der Waals surface area contributed by atoms with Crippen LogP contribution >= 0.6 is 0 Å². The molecule has 1 heterocycles. The molecule has 0 unspecified atom stereocenters. The lowest BCUT2D eigenvalue weighted by Crippen LogP contribution is -2.49. The number of aliphatic imine (C=N–C) groups is 1. The number of benzene rings is 1. The molecule has 1 fully saturated rings. The zero-order valence-electron chi connectivity index (χ0n) is 16.2. The second-order valence-electron chi connectivity index (χ2n) is 7.28. The van der Waals surface area contributed by atoms with Gasteiger partial charge in [0.2, 0.25) is 0 Å². The Hall–Kier alpha value is -2.51. The van der Waals surface area contributed by atoms with E-state index in [1.165, 1.54) is 12.1 Å². The molecule has 1 aliphatic carbocycles. The molecule has 2 aromatic rings. The van der Waals surface area contributed by atoms with Crippen LogP contribution in [0.1, 0.15) is 42.9 Å². The van der Waals surface area contributed by atoms with Crippen molar-refractivity contribution >= 4 is 5.96 Å². The molecule has 28 heavy (non-hydrogen) atoms. The van der Waals surface area contributed by atoms with Gasteiger partial charge in [0.1, 0.15) is 0 Å². The molecule has 1 aliphatic rings. The smallest absolute Gasteiger partial charge is 0.357 e. The number of guanidine groups is 1. The molecule has 0 atom stereocenters. The van der Waals surface area contributed by atoms with Gasteiger partial charge in [-0.15, -0.1) is 0 Å². The molecule has 152 valence electrons. The first-order chi connectivity index (χ1) is 13.3. The number of alkyl halides is 3. The number of aryl methyl sites for hydroxylation is 1. The fourth-order valence-corrected chi connectivity index (χ4v) is 3.51. The van der Waals surface area contributed by atoms with Crippen LogP contribution in [0, 0.1) is 0 Å². The fourth-order valence-electron chi connectivity index (χ4n) is 3.51. The average Bonchev–Trinajstić information content (AvgIpc) is 3.03. The van der Waals surface area contributed by atoms with Crippen LogP contribution in [0.15, 0.2) is 41.7 Å². The van der Waals surface area contributed by atoms with Crippen LogP contribution in [0.3, 0.4) is 0 Å². The zero-order chi connectivity index (χ0) is 20.2. The number of nitrogens with one attached hydrogen (secondary N) is 2. The van der Waals surface area contributed by atoms with Gasteiger partial charge in [0, 0.05) is 37.3 Å². The molecule has 1 aromatic heterocycles. The summed E-state index contributed by atoms with van der Waals surface area (Å²) in [6, 6.07) is 5.72. The number of aromatic nitrogens is 2. The molecule has 0 radical (unpaired) electrons. The first kappa shape index (κ1) is 20.2. The van der Waals surface area contributed by atoms with Crippen molar-refractivity contribution in [3.05, 3.63) is 53.3 Å². The van der Waals surface area contributed by atoms with Gasteiger partial charge in [-0.2, -0.15) is 18.3 Å². The van der Waals surface area contributed by atoms with E-state index < -0.39 is 11.7 Å². The van der Waals surface area contributed by atoms with E-state index in [2.05, 4.69) is 20.7 Å². The van der Waals surface area contributed by atoms with Gasteiger partial charge >= 0.3 is 6.18 Å². The minimum atomic E-state index is -4.32. The summed E-state index contributed by atoms with van der Waals surface area (Å²) < 4.78 is 41.0. The number of halogens is 3. The van der Waals surface area contributed by atoms with Crippen LogP contribution in [0.2, 0.25) is 0 Å². The SMILES string of the molecule is CCNC(=NCc1cnn(C)c1)NCC1(c2cccc(C(F)(F)F)c2)CCC1. The van der Waals surface area contributed by atoms with E-state index in [1.54, 1.807) is 16.9 Å². The molecule has 1 saturated carbocycles. The van der Waals surface area contributed by atoms with Crippen molar-refractivity contribution in [2.75, 3.05) is 13.1 Å². The van der Waals surface area contributed by atoms with Crippen molar-refractivity contribution in [2.24, 2.45) is 12.0 Å². The summed E-state index contributed by atoms with van der Waals surface area (Å²) in [6.45, 7) is 3.72. The molecule has 0 bridgehead atoms. The van der Waals surface area contributed by atoms with Gasteiger partial charge in [0.25, 0.3) is 0 Å². The van der Waals surface area contributed by atoms with E-state index in [-0.39, 0.29) is 5.41 Å². The monoisotopic (exact) mass is 393 g/mol. The van der Waals surface area contributed by atoms with Crippen LogP contribution in [0.4, 0.5) is 13.2 Å². The van der Waals surface area contributed by atoms with Crippen molar-refractivity contribution in [3.8, 4) is 0 Å². The van der Waals surface area contributed by atoms with Crippen molar-refractivity contribution in [1.82, 2.24) is 20.4 Å². The Kier molecular flexibility index (Phi) is 5.96. The Bertz CT molecular complexity index is 821. The number of hydrogen-bond donors (Lipinski definition) is 2. The molecular formula is C20H26F3N5. The van der Waals surface area contributed by atoms with Crippen molar-refractivity contribution in [1.29, 1.82) is 0 Å². The summed E-state index contributed by atoms with van der Waals surface area (Å²) in [4.78, 5) is 4.57. The third kappa shape index (κ3) is 4.66. The number of nitrogens with zero attached hydrogens (tertiary/aromatic N) is 3.